The van der Waals surface area contributed by atoms with Crippen LogP contribution in [0.15, 0.2) is 10.1 Å². The van der Waals surface area contributed by atoms with Gasteiger partial charge in [-0.05, 0) is 0 Å². The predicted octanol–water partition coefficient (Wildman–Crippen LogP) is 5.54. The van der Waals surface area contributed by atoms with Gasteiger partial charge in [-0.1, -0.05) is 46.4 Å². The van der Waals surface area contributed by atoms with E-state index in [0.29, 0.717) is 0 Å². The smallest absolute Gasteiger partial charge is 0.126 e. The first kappa shape index (κ1) is 15.4. The van der Waals surface area contributed by atoms with Crippen molar-refractivity contribution < 1.29 is 0 Å². The van der Waals surface area contributed by atoms with E-state index in [1.165, 1.54) is 0 Å². The Morgan fingerprint density at radius 2 is 1.06 bits per heavy atom. The molecule has 0 aromatic rings. The fourth-order valence-electron chi connectivity index (χ4n) is 2.63. The minimum atomic E-state index is -1.55. The molecule has 0 radical (unpaired) electrons. The molecule has 2 aliphatic rings. The van der Waals surface area contributed by atoms with Crippen molar-refractivity contribution in [3.05, 3.63) is 10.1 Å². The van der Waals surface area contributed by atoms with E-state index in [1.54, 1.807) is 0 Å². The molecule has 2 rings (SSSR count). The molecule has 0 spiro atoms. The summed E-state index contributed by atoms with van der Waals surface area (Å²) in [5, 5.41) is 0.320. The maximum absolute atomic E-state index is 6.50. The predicted molar refractivity (Wildman–Crippen MR) is 78.8 cm³/mol. The minimum Gasteiger partial charge on any atom is -0.126 e. The van der Waals surface area contributed by atoms with Crippen molar-refractivity contribution >= 4 is 92.8 Å². The Hall–Kier alpha value is 2.06. The maximum Gasteiger partial charge on any atom is 0.166 e. The minimum absolute atomic E-state index is 0.160. The van der Waals surface area contributed by atoms with Crippen molar-refractivity contribution in [2.24, 2.45) is 11.8 Å². The third-order valence-electron chi connectivity index (χ3n) is 3.59. The lowest BCUT2D eigenvalue weighted by Gasteiger charge is -2.34. The third-order valence-corrected chi connectivity index (χ3v) is 8.60. The largest absolute Gasteiger partial charge is 0.166 e. The van der Waals surface area contributed by atoms with Gasteiger partial charge in [-0.15, -0.1) is 46.4 Å². The molecule has 0 heterocycles. The summed E-state index contributed by atoms with van der Waals surface area (Å²) < 4.78 is -1.55. The number of fused-ring (bicyclic) bond motifs is 2. The van der Waals surface area contributed by atoms with Crippen LogP contribution in [0.1, 0.15) is 0 Å². The second-order valence-electron chi connectivity index (χ2n) is 4.15. The first-order chi connectivity index (χ1) is 7.71. The van der Waals surface area contributed by atoms with E-state index in [4.69, 9.17) is 92.8 Å². The van der Waals surface area contributed by atoms with Crippen molar-refractivity contribution in [1.82, 2.24) is 0 Å². The van der Waals surface area contributed by atoms with Gasteiger partial charge >= 0.3 is 0 Å². The number of alkyl halides is 6. The second kappa shape index (κ2) is 4.53. The van der Waals surface area contributed by atoms with Crippen LogP contribution in [0.5, 0.6) is 0 Å². The van der Waals surface area contributed by atoms with Gasteiger partial charge in [0, 0.05) is 23.6 Å². The van der Waals surface area contributed by atoms with E-state index >= 15 is 0 Å². The van der Waals surface area contributed by atoms with Crippen molar-refractivity contribution in [2.45, 2.75) is 14.1 Å². The summed E-state index contributed by atoms with van der Waals surface area (Å²) in [7, 11) is 0. The van der Waals surface area contributed by atoms with Gasteiger partial charge < -0.3 is 0 Å². The zero-order chi connectivity index (χ0) is 13.2. The van der Waals surface area contributed by atoms with Crippen LogP contribution in [0.4, 0.5) is 0 Å². The molecule has 4 atom stereocenters. The van der Waals surface area contributed by atoms with Crippen LogP contribution in [0.2, 0.25) is 0 Å². The van der Waals surface area contributed by atoms with Gasteiger partial charge in [-0.2, -0.15) is 0 Å². The van der Waals surface area contributed by atoms with Gasteiger partial charge in [0.1, 0.15) is 9.75 Å². The highest BCUT2D eigenvalue weighted by Gasteiger charge is 2.81. The Balaban J connectivity index is 2.72. The Bertz CT molecular complexity index is 356. The molecule has 1 saturated carbocycles. The third kappa shape index (κ3) is 1.48. The zero-order valence-corrected chi connectivity index (χ0v) is 14.1. The molecule has 0 unspecified atom stereocenters. The number of halogens is 8. The van der Waals surface area contributed by atoms with Crippen LogP contribution in [0.25, 0.3) is 0 Å². The monoisotopic (exact) mass is 394 g/mol. The molecule has 0 aliphatic heterocycles. The van der Waals surface area contributed by atoms with Crippen molar-refractivity contribution in [2.75, 3.05) is 11.8 Å². The highest BCUT2D eigenvalue weighted by molar-refractivity contribution is 6.65. The molecule has 0 aromatic carbocycles. The van der Waals surface area contributed by atoms with Crippen LogP contribution in [0.3, 0.4) is 0 Å². The molecule has 0 saturated heterocycles. The van der Waals surface area contributed by atoms with E-state index < -0.39 is 14.1 Å². The molecular formula is C9H6Cl8. The average molecular weight is 398 g/mol. The van der Waals surface area contributed by atoms with E-state index in [0.717, 1.165) is 0 Å². The van der Waals surface area contributed by atoms with Crippen LogP contribution in [0, 0.1) is 11.8 Å². The Labute approximate surface area is 139 Å². The Morgan fingerprint density at radius 3 is 1.29 bits per heavy atom. The van der Waals surface area contributed by atoms with Crippen LogP contribution in [-0.2, 0) is 0 Å². The quantitative estimate of drug-likeness (QED) is 0.536. The molecular weight excluding hydrogens is 392 g/mol. The molecule has 0 aromatic heterocycles. The standard InChI is InChI=1S/C9H6Cl8/c10-1-3-4(2-11)8(15)6(13)5(12)7(3,14)9(8,16)17/h3-4H,1-2H2/t3-,4-,7-,8+/m0/s1. The summed E-state index contributed by atoms with van der Waals surface area (Å²) in [6.45, 7) is 0. The molecule has 0 amide bonds. The normalized spacial score (nSPS) is 48.0. The molecule has 0 N–H and O–H groups in total. The van der Waals surface area contributed by atoms with E-state index in [1.807, 2.05) is 0 Å². The molecule has 17 heavy (non-hydrogen) atoms. The lowest BCUT2D eigenvalue weighted by molar-refractivity contribution is 0.391. The number of rotatable bonds is 2. The zero-order valence-electron chi connectivity index (χ0n) is 8.09. The Kier molecular flexibility index (Phi) is 4.12. The maximum atomic E-state index is 6.50. The molecule has 0 nitrogen and oxygen atoms in total. The molecule has 2 bridgehead atoms. The molecule has 98 valence electrons. The summed E-state index contributed by atoms with van der Waals surface area (Å²) in [4.78, 5) is -2.59. The first-order valence-electron chi connectivity index (χ1n) is 4.65. The van der Waals surface area contributed by atoms with Crippen molar-refractivity contribution in [1.29, 1.82) is 0 Å². The average Bonchev–Trinajstić information content (AvgIpc) is 2.48. The lowest BCUT2D eigenvalue weighted by atomic mass is 9.84. The second-order valence-corrected chi connectivity index (χ2v) is 8.04. The summed E-state index contributed by atoms with van der Waals surface area (Å²) in [6.07, 6.45) is 0. The lowest BCUT2D eigenvalue weighted by Crippen LogP contribution is -2.45. The molecule has 1 fully saturated rings. The van der Waals surface area contributed by atoms with Crippen LogP contribution >= 0.6 is 92.8 Å². The summed E-state index contributed by atoms with van der Waals surface area (Å²) in [5.74, 6) is -0.301. The summed E-state index contributed by atoms with van der Waals surface area (Å²) >= 11 is 49.8. The van der Waals surface area contributed by atoms with E-state index in [2.05, 4.69) is 0 Å². The van der Waals surface area contributed by atoms with Crippen molar-refractivity contribution in [3.8, 4) is 0 Å². The molecule has 8 heteroatoms. The van der Waals surface area contributed by atoms with Gasteiger partial charge in [0.25, 0.3) is 0 Å². The number of allylic oxidation sites excluding steroid dienone is 2. The van der Waals surface area contributed by atoms with Gasteiger partial charge in [0.05, 0.1) is 10.1 Å². The van der Waals surface area contributed by atoms with Crippen LogP contribution < -0.4 is 0 Å². The summed E-state index contributed by atoms with van der Waals surface area (Å²) in [6, 6.07) is 0. The SMILES string of the molecule is ClC[C@H]1[C@H](CCl)[C@@]2(Cl)C(Cl)=C(Cl)[C@]1(Cl)C2(Cl)Cl. The van der Waals surface area contributed by atoms with Gasteiger partial charge in [0.15, 0.2) is 4.33 Å². The van der Waals surface area contributed by atoms with E-state index in [-0.39, 0.29) is 33.7 Å². The Morgan fingerprint density at radius 1 is 0.765 bits per heavy atom. The topological polar surface area (TPSA) is 0 Å². The number of hydrogen-bond acceptors (Lipinski definition) is 0. The fraction of sp³-hybridized carbons (Fsp3) is 0.778. The van der Waals surface area contributed by atoms with Gasteiger partial charge in [-0.3, -0.25) is 0 Å². The number of hydrogen-bond donors (Lipinski definition) is 0. The first-order valence-corrected chi connectivity index (χ1v) is 7.98. The van der Waals surface area contributed by atoms with Gasteiger partial charge in [0.2, 0.25) is 0 Å². The van der Waals surface area contributed by atoms with E-state index in [9.17, 15) is 0 Å². The van der Waals surface area contributed by atoms with Crippen LogP contribution in [-0.4, -0.2) is 25.8 Å². The summed E-state index contributed by atoms with van der Waals surface area (Å²) in [5.41, 5.74) is 0. The van der Waals surface area contributed by atoms with Crippen molar-refractivity contribution in [3.63, 3.8) is 0 Å². The fourth-order valence-corrected chi connectivity index (χ4v) is 6.77. The highest BCUT2D eigenvalue weighted by atomic mass is 35.5. The molecule has 2 aliphatic carbocycles. The highest BCUT2D eigenvalue weighted by Crippen LogP contribution is 2.76. The van der Waals surface area contributed by atoms with Gasteiger partial charge in [-0.25, -0.2) is 0 Å².